The van der Waals surface area contributed by atoms with Crippen LogP contribution in [-0.4, -0.2) is 5.91 Å². The van der Waals surface area contributed by atoms with Gasteiger partial charge in [0.05, 0.1) is 0 Å². The number of nitrogens with one attached hydrogen (secondary N) is 1. The molecule has 2 nitrogen and oxygen atoms in total. The third-order valence-corrected chi connectivity index (χ3v) is 3.61. The first kappa shape index (κ1) is 15.7. The molecular weight excluding hydrogens is 234 g/mol. The largest absolute Gasteiger partial charge is 0.326 e. The summed E-state index contributed by atoms with van der Waals surface area (Å²) >= 11 is 0. The van der Waals surface area contributed by atoms with Crippen LogP contribution in [-0.2, 0) is 4.79 Å². The van der Waals surface area contributed by atoms with Crippen LogP contribution in [0.1, 0.15) is 64.9 Å². The van der Waals surface area contributed by atoms with Gasteiger partial charge in [0.1, 0.15) is 0 Å². The van der Waals surface area contributed by atoms with Crippen molar-refractivity contribution in [3.63, 3.8) is 0 Å². The van der Waals surface area contributed by atoms with E-state index in [-0.39, 0.29) is 11.8 Å². The van der Waals surface area contributed by atoms with Crippen LogP contribution in [0.25, 0.3) is 0 Å². The Morgan fingerprint density at radius 2 is 1.79 bits per heavy atom. The first-order valence-corrected chi connectivity index (χ1v) is 7.49. The van der Waals surface area contributed by atoms with Crippen LogP contribution < -0.4 is 5.32 Å². The molecule has 1 rings (SSSR count). The highest BCUT2D eigenvalue weighted by Gasteiger charge is 2.15. The van der Waals surface area contributed by atoms with E-state index in [4.69, 9.17) is 0 Å². The van der Waals surface area contributed by atoms with Crippen molar-refractivity contribution in [1.29, 1.82) is 0 Å². The molecule has 1 aromatic carbocycles. The summed E-state index contributed by atoms with van der Waals surface area (Å²) in [7, 11) is 0. The standard InChI is InChI=1S/C17H27NO/c1-5-7-8-14(6-2)17(19)18-16-11-9-15(10-12-16)13(3)4/h9-14H,5-8H2,1-4H3,(H,18,19). The zero-order valence-corrected chi connectivity index (χ0v) is 12.7. The fourth-order valence-electron chi connectivity index (χ4n) is 2.17. The molecule has 1 N–H and O–H groups in total. The van der Waals surface area contributed by atoms with Gasteiger partial charge in [-0.3, -0.25) is 4.79 Å². The molecule has 0 spiro atoms. The second kappa shape index (κ2) is 7.98. The first-order valence-electron chi connectivity index (χ1n) is 7.49. The van der Waals surface area contributed by atoms with E-state index < -0.39 is 0 Å². The van der Waals surface area contributed by atoms with E-state index in [1.165, 1.54) is 5.56 Å². The Kier molecular flexibility index (Phi) is 6.61. The van der Waals surface area contributed by atoms with Crippen molar-refractivity contribution in [1.82, 2.24) is 0 Å². The van der Waals surface area contributed by atoms with Gasteiger partial charge in [-0.1, -0.05) is 52.7 Å². The first-order chi connectivity index (χ1) is 9.08. The molecule has 0 aliphatic carbocycles. The number of amides is 1. The normalized spacial score (nSPS) is 12.5. The van der Waals surface area contributed by atoms with Crippen molar-refractivity contribution >= 4 is 11.6 Å². The lowest BCUT2D eigenvalue weighted by atomic mass is 9.98. The molecule has 1 atom stereocenters. The van der Waals surface area contributed by atoms with E-state index in [0.717, 1.165) is 31.4 Å². The number of unbranched alkanes of at least 4 members (excludes halogenated alkanes) is 1. The van der Waals surface area contributed by atoms with Crippen molar-refractivity contribution in [3.8, 4) is 0 Å². The number of carbonyl (C=O) groups is 1. The van der Waals surface area contributed by atoms with E-state index in [1.54, 1.807) is 0 Å². The lowest BCUT2D eigenvalue weighted by Gasteiger charge is -2.15. The molecule has 0 fully saturated rings. The predicted molar refractivity (Wildman–Crippen MR) is 82.5 cm³/mol. The molecule has 1 unspecified atom stereocenters. The van der Waals surface area contributed by atoms with E-state index in [9.17, 15) is 4.79 Å². The van der Waals surface area contributed by atoms with Crippen LogP contribution in [0.2, 0.25) is 0 Å². The average Bonchev–Trinajstić information content (AvgIpc) is 2.40. The van der Waals surface area contributed by atoms with Gasteiger partial charge in [0.15, 0.2) is 0 Å². The minimum Gasteiger partial charge on any atom is -0.326 e. The van der Waals surface area contributed by atoms with E-state index in [0.29, 0.717) is 5.92 Å². The van der Waals surface area contributed by atoms with Gasteiger partial charge in [-0.2, -0.15) is 0 Å². The molecule has 0 saturated carbocycles. The van der Waals surface area contributed by atoms with Crippen molar-refractivity contribution in [3.05, 3.63) is 29.8 Å². The molecule has 0 radical (unpaired) electrons. The minimum absolute atomic E-state index is 0.143. The Labute approximate surface area is 117 Å². The summed E-state index contributed by atoms with van der Waals surface area (Å²) in [6, 6.07) is 8.18. The average molecular weight is 261 g/mol. The van der Waals surface area contributed by atoms with Gasteiger partial charge in [0.25, 0.3) is 0 Å². The Morgan fingerprint density at radius 1 is 1.16 bits per heavy atom. The summed E-state index contributed by atoms with van der Waals surface area (Å²) in [6.45, 7) is 8.59. The van der Waals surface area contributed by atoms with Crippen molar-refractivity contribution in [2.24, 2.45) is 5.92 Å². The molecular formula is C17H27NO. The van der Waals surface area contributed by atoms with Crippen molar-refractivity contribution in [2.75, 3.05) is 5.32 Å². The molecule has 2 heteroatoms. The van der Waals surface area contributed by atoms with Gasteiger partial charge in [0, 0.05) is 11.6 Å². The maximum absolute atomic E-state index is 12.2. The molecule has 0 aliphatic heterocycles. The van der Waals surface area contributed by atoms with E-state index >= 15 is 0 Å². The van der Waals surface area contributed by atoms with Gasteiger partial charge in [-0.05, 0) is 36.5 Å². The van der Waals surface area contributed by atoms with Crippen LogP contribution >= 0.6 is 0 Å². The summed E-state index contributed by atoms with van der Waals surface area (Å²) < 4.78 is 0. The van der Waals surface area contributed by atoms with E-state index in [2.05, 4.69) is 45.1 Å². The molecule has 0 aliphatic rings. The van der Waals surface area contributed by atoms with Crippen molar-refractivity contribution < 1.29 is 4.79 Å². The SMILES string of the molecule is CCCCC(CC)C(=O)Nc1ccc(C(C)C)cc1. The second-order valence-corrected chi connectivity index (χ2v) is 5.51. The van der Waals surface area contributed by atoms with Gasteiger partial charge >= 0.3 is 0 Å². The lowest BCUT2D eigenvalue weighted by molar-refractivity contribution is -0.120. The van der Waals surface area contributed by atoms with Crippen molar-refractivity contribution in [2.45, 2.75) is 59.3 Å². The smallest absolute Gasteiger partial charge is 0.227 e. The van der Waals surface area contributed by atoms with Gasteiger partial charge in [-0.25, -0.2) is 0 Å². The fourth-order valence-corrected chi connectivity index (χ4v) is 2.17. The number of hydrogen-bond donors (Lipinski definition) is 1. The summed E-state index contributed by atoms with van der Waals surface area (Å²) in [6.07, 6.45) is 4.17. The molecule has 1 aromatic rings. The Balaban J connectivity index is 2.59. The highest BCUT2D eigenvalue weighted by Crippen LogP contribution is 2.19. The molecule has 0 bridgehead atoms. The Hall–Kier alpha value is -1.31. The van der Waals surface area contributed by atoms with Crippen LogP contribution in [0.15, 0.2) is 24.3 Å². The monoisotopic (exact) mass is 261 g/mol. The molecule has 0 heterocycles. The summed E-state index contributed by atoms with van der Waals surface area (Å²) in [5.74, 6) is 0.829. The number of hydrogen-bond acceptors (Lipinski definition) is 1. The summed E-state index contributed by atoms with van der Waals surface area (Å²) in [5.41, 5.74) is 2.21. The number of rotatable bonds is 7. The highest BCUT2D eigenvalue weighted by atomic mass is 16.1. The lowest BCUT2D eigenvalue weighted by Crippen LogP contribution is -2.22. The quantitative estimate of drug-likeness (QED) is 0.738. The number of benzene rings is 1. The maximum Gasteiger partial charge on any atom is 0.227 e. The van der Waals surface area contributed by atoms with E-state index in [1.807, 2.05) is 12.1 Å². The molecule has 0 saturated heterocycles. The highest BCUT2D eigenvalue weighted by molar-refractivity contribution is 5.92. The Bertz CT molecular complexity index is 381. The topological polar surface area (TPSA) is 29.1 Å². The van der Waals surface area contributed by atoms with Crippen LogP contribution in [0.3, 0.4) is 0 Å². The second-order valence-electron chi connectivity index (χ2n) is 5.51. The van der Waals surface area contributed by atoms with Crippen LogP contribution in [0, 0.1) is 5.92 Å². The predicted octanol–water partition coefficient (Wildman–Crippen LogP) is 4.96. The maximum atomic E-state index is 12.2. The fraction of sp³-hybridized carbons (Fsp3) is 0.588. The number of carbonyl (C=O) groups excluding carboxylic acids is 1. The third-order valence-electron chi connectivity index (χ3n) is 3.61. The summed E-state index contributed by atoms with van der Waals surface area (Å²) in [4.78, 5) is 12.2. The van der Waals surface area contributed by atoms with Crippen LogP contribution in [0.5, 0.6) is 0 Å². The molecule has 106 valence electrons. The molecule has 1 amide bonds. The van der Waals surface area contributed by atoms with Gasteiger partial charge in [0.2, 0.25) is 5.91 Å². The molecule has 19 heavy (non-hydrogen) atoms. The minimum atomic E-state index is 0.143. The number of anilines is 1. The Morgan fingerprint density at radius 3 is 2.26 bits per heavy atom. The zero-order chi connectivity index (χ0) is 14.3. The van der Waals surface area contributed by atoms with Gasteiger partial charge < -0.3 is 5.32 Å². The van der Waals surface area contributed by atoms with Gasteiger partial charge in [-0.15, -0.1) is 0 Å². The van der Waals surface area contributed by atoms with Crippen LogP contribution in [0.4, 0.5) is 5.69 Å². The molecule has 0 aromatic heterocycles. The zero-order valence-electron chi connectivity index (χ0n) is 12.7. The summed E-state index contributed by atoms with van der Waals surface area (Å²) in [5, 5.41) is 3.03. The third kappa shape index (κ3) is 5.06.